The molecule has 0 aliphatic carbocycles. The Morgan fingerprint density at radius 1 is 1.18 bits per heavy atom. The van der Waals surface area contributed by atoms with Crippen LogP contribution in [0.1, 0.15) is 26.2 Å². The lowest BCUT2D eigenvalue weighted by molar-refractivity contribution is -0.117. The van der Waals surface area contributed by atoms with E-state index in [4.69, 9.17) is 16.9 Å². The summed E-state index contributed by atoms with van der Waals surface area (Å²) in [6.45, 7) is 4.05. The van der Waals surface area contributed by atoms with E-state index in [0.29, 0.717) is 16.7 Å². The molecule has 0 radical (unpaired) electrons. The molecule has 1 aliphatic heterocycles. The van der Waals surface area contributed by atoms with Gasteiger partial charge in [0.1, 0.15) is 0 Å². The van der Waals surface area contributed by atoms with Gasteiger partial charge in [-0.15, -0.1) is 10.2 Å². The molecule has 1 aromatic heterocycles. The van der Waals surface area contributed by atoms with Crippen molar-refractivity contribution >= 4 is 40.9 Å². The number of nitriles is 1. The highest BCUT2D eigenvalue weighted by Gasteiger charge is 2.28. The first kappa shape index (κ1) is 23.1. The average molecular weight is 481 g/mol. The van der Waals surface area contributed by atoms with Gasteiger partial charge >= 0.3 is 0 Å². The Hall–Kier alpha value is -3.02. The van der Waals surface area contributed by atoms with E-state index < -0.39 is 5.25 Å². The van der Waals surface area contributed by atoms with Crippen LogP contribution in [0.2, 0.25) is 5.02 Å². The summed E-state index contributed by atoms with van der Waals surface area (Å²) < 4.78 is 1.98. The highest BCUT2D eigenvalue weighted by molar-refractivity contribution is 8.00. The molecule has 170 valence electrons. The smallest absolute Gasteiger partial charge is 0.240 e. The summed E-state index contributed by atoms with van der Waals surface area (Å²) in [6.07, 6.45) is 2.49. The van der Waals surface area contributed by atoms with Crippen molar-refractivity contribution in [1.82, 2.24) is 14.8 Å². The summed E-state index contributed by atoms with van der Waals surface area (Å²) in [5, 5.41) is 18.8. The van der Waals surface area contributed by atoms with Crippen molar-refractivity contribution in [2.24, 2.45) is 0 Å². The molecule has 7 nitrogen and oxygen atoms in total. The third-order valence-electron chi connectivity index (χ3n) is 5.48. The van der Waals surface area contributed by atoms with Gasteiger partial charge in [0.25, 0.3) is 0 Å². The fraction of sp³-hybridized carbons (Fsp3) is 0.333. The van der Waals surface area contributed by atoms with E-state index in [1.165, 1.54) is 11.8 Å². The van der Waals surface area contributed by atoms with E-state index >= 15 is 0 Å². The molecule has 9 heteroatoms. The van der Waals surface area contributed by atoms with Gasteiger partial charge in [-0.3, -0.25) is 9.36 Å². The lowest BCUT2D eigenvalue weighted by Crippen LogP contribution is -2.37. The summed E-state index contributed by atoms with van der Waals surface area (Å²) >= 11 is 7.64. The quantitative estimate of drug-likeness (QED) is 0.424. The number of hydrogen-bond acceptors (Lipinski definition) is 6. The van der Waals surface area contributed by atoms with Gasteiger partial charge in [-0.05, 0) is 50.1 Å². The maximum Gasteiger partial charge on any atom is 0.240 e. The number of benzene rings is 2. The number of thioether (sulfide) groups is 1. The highest BCUT2D eigenvalue weighted by Crippen LogP contribution is 2.32. The molecule has 0 bridgehead atoms. The second kappa shape index (κ2) is 10.7. The molecule has 0 saturated carbocycles. The maximum absolute atomic E-state index is 13.4. The van der Waals surface area contributed by atoms with E-state index in [0.717, 1.165) is 43.3 Å². The summed E-state index contributed by atoms with van der Waals surface area (Å²) in [7, 11) is 0. The first-order valence-corrected chi connectivity index (χ1v) is 12.2. The van der Waals surface area contributed by atoms with Crippen molar-refractivity contribution in [2.75, 3.05) is 29.4 Å². The van der Waals surface area contributed by atoms with Crippen LogP contribution in [0.3, 0.4) is 0 Å². The van der Waals surface area contributed by atoms with Gasteiger partial charge < -0.3 is 9.80 Å². The zero-order chi connectivity index (χ0) is 23.2. The average Bonchev–Trinajstić information content (AvgIpc) is 3.50. The molecule has 1 atom stereocenters. The lowest BCUT2D eigenvalue weighted by atomic mass is 10.2. The molecule has 1 saturated heterocycles. The predicted octanol–water partition coefficient (Wildman–Crippen LogP) is 4.95. The molecule has 33 heavy (non-hydrogen) atoms. The molecule has 2 heterocycles. The van der Waals surface area contributed by atoms with Gasteiger partial charge in [0, 0.05) is 30.3 Å². The van der Waals surface area contributed by atoms with E-state index in [1.54, 1.807) is 4.90 Å². The Balaban J connectivity index is 1.63. The van der Waals surface area contributed by atoms with Crippen molar-refractivity contribution in [1.29, 1.82) is 5.26 Å². The third-order valence-corrected chi connectivity index (χ3v) is 6.75. The predicted molar refractivity (Wildman–Crippen MR) is 132 cm³/mol. The summed E-state index contributed by atoms with van der Waals surface area (Å²) in [5.41, 5.74) is 1.64. The fourth-order valence-corrected chi connectivity index (χ4v) is 4.98. The fourth-order valence-electron chi connectivity index (χ4n) is 3.87. The number of halogens is 1. The largest absolute Gasteiger partial charge is 0.341 e. The Morgan fingerprint density at radius 3 is 2.64 bits per heavy atom. The van der Waals surface area contributed by atoms with Gasteiger partial charge in [0.2, 0.25) is 11.9 Å². The third kappa shape index (κ3) is 5.32. The zero-order valence-corrected chi connectivity index (χ0v) is 20.0. The van der Waals surface area contributed by atoms with Crippen LogP contribution in [-0.2, 0) is 4.79 Å². The van der Waals surface area contributed by atoms with Gasteiger partial charge in [0.15, 0.2) is 5.16 Å². The lowest BCUT2D eigenvalue weighted by Gasteiger charge is -2.25. The molecule has 0 spiro atoms. The van der Waals surface area contributed by atoms with Crippen LogP contribution in [0, 0.1) is 11.3 Å². The Bertz CT molecular complexity index is 1140. The number of nitrogens with zero attached hydrogens (tertiary/aromatic N) is 6. The number of rotatable bonds is 8. The number of para-hydroxylation sites is 1. The molecule has 4 rings (SSSR count). The van der Waals surface area contributed by atoms with E-state index in [9.17, 15) is 4.79 Å². The molecule has 0 N–H and O–H groups in total. The number of anilines is 2. The van der Waals surface area contributed by atoms with Gasteiger partial charge in [-0.1, -0.05) is 47.6 Å². The Labute approximate surface area is 203 Å². The van der Waals surface area contributed by atoms with Crippen LogP contribution in [0.15, 0.2) is 59.8 Å². The molecule has 2 aromatic carbocycles. The maximum atomic E-state index is 13.4. The summed E-state index contributed by atoms with van der Waals surface area (Å²) in [6, 6.07) is 19.2. The van der Waals surface area contributed by atoms with Crippen LogP contribution in [0.4, 0.5) is 11.6 Å². The van der Waals surface area contributed by atoms with Crippen LogP contribution >= 0.6 is 23.4 Å². The summed E-state index contributed by atoms with van der Waals surface area (Å²) in [5.74, 6) is 0.686. The monoisotopic (exact) mass is 480 g/mol. The number of amides is 1. The van der Waals surface area contributed by atoms with Crippen molar-refractivity contribution in [2.45, 2.75) is 36.6 Å². The first-order chi connectivity index (χ1) is 16.1. The van der Waals surface area contributed by atoms with Crippen molar-refractivity contribution < 1.29 is 4.79 Å². The molecule has 1 aliphatic rings. The molecular formula is C24H25ClN6OS. The van der Waals surface area contributed by atoms with E-state index in [-0.39, 0.29) is 12.3 Å². The van der Waals surface area contributed by atoms with Crippen molar-refractivity contribution in [3.63, 3.8) is 0 Å². The first-order valence-electron chi connectivity index (χ1n) is 10.9. The standard InChI is InChI=1S/C24H25ClN6OS/c1-18(22(32)30(16-8-13-26)20-10-3-2-4-11-20)33-24-28-27-23(29-14-5-6-15-29)31(24)21-12-7-9-19(25)17-21/h2-4,7,9-12,17-18H,5-6,8,14-16H2,1H3. The minimum Gasteiger partial charge on any atom is -0.341 e. The zero-order valence-electron chi connectivity index (χ0n) is 18.4. The second-order valence-electron chi connectivity index (χ2n) is 7.79. The number of aromatic nitrogens is 3. The molecule has 1 amide bonds. The molecule has 3 aromatic rings. The van der Waals surface area contributed by atoms with Crippen LogP contribution < -0.4 is 9.80 Å². The van der Waals surface area contributed by atoms with E-state index in [2.05, 4.69) is 21.2 Å². The van der Waals surface area contributed by atoms with Crippen LogP contribution in [0.25, 0.3) is 5.69 Å². The second-order valence-corrected chi connectivity index (χ2v) is 9.53. The molecule has 1 unspecified atom stereocenters. The Morgan fingerprint density at radius 2 is 1.94 bits per heavy atom. The molecular weight excluding hydrogens is 456 g/mol. The van der Waals surface area contributed by atoms with Crippen molar-refractivity contribution in [3.8, 4) is 11.8 Å². The number of carbonyl (C=O) groups is 1. The van der Waals surface area contributed by atoms with Crippen molar-refractivity contribution in [3.05, 3.63) is 59.6 Å². The topological polar surface area (TPSA) is 78.1 Å². The van der Waals surface area contributed by atoms with Gasteiger partial charge in [-0.25, -0.2) is 0 Å². The van der Waals surface area contributed by atoms with Crippen LogP contribution in [-0.4, -0.2) is 45.6 Å². The van der Waals surface area contributed by atoms with Crippen LogP contribution in [0.5, 0.6) is 0 Å². The number of carbonyl (C=O) groups excluding carboxylic acids is 1. The minimum atomic E-state index is -0.433. The van der Waals surface area contributed by atoms with Gasteiger partial charge in [0.05, 0.1) is 23.4 Å². The SMILES string of the molecule is CC(Sc1nnc(N2CCCC2)n1-c1cccc(Cl)c1)C(=O)N(CCC#N)c1ccccc1. The normalized spacial score (nSPS) is 14.2. The minimum absolute atomic E-state index is 0.0789. The summed E-state index contributed by atoms with van der Waals surface area (Å²) in [4.78, 5) is 17.3. The van der Waals surface area contributed by atoms with E-state index in [1.807, 2.05) is 66.1 Å². The Kier molecular flexibility index (Phi) is 7.53. The van der Waals surface area contributed by atoms with Gasteiger partial charge in [-0.2, -0.15) is 5.26 Å². The highest BCUT2D eigenvalue weighted by atomic mass is 35.5. The number of hydrogen-bond donors (Lipinski definition) is 0. The molecule has 1 fully saturated rings.